The number of carbonyl (C=O) groups is 1. The van der Waals surface area contributed by atoms with Crippen LogP contribution in [0.25, 0.3) is 0 Å². The van der Waals surface area contributed by atoms with Crippen LogP contribution in [0, 0.1) is 19.8 Å². The number of ketones is 1. The molecule has 0 bridgehead atoms. The van der Waals surface area contributed by atoms with Gasteiger partial charge in [-0.3, -0.25) is 4.79 Å². The SMILES string of the molecule is Cc1ccc(OCC(=O)C2CCCC2)c(C)c1. The highest BCUT2D eigenvalue weighted by molar-refractivity contribution is 5.82. The minimum absolute atomic E-state index is 0.231. The molecular formula is C15H20O2. The maximum absolute atomic E-state index is 11.9. The number of aryl methyl sites for hydroxylation is 2. The van der Waals surface area contributed by atoms with E-state index < -0.39 is 0 Å². The third kappa shape index (κ3) is 3.09. The van der Waals surface area contributed by atoms with E-state index in [0.717, 1.165) is 24.2 Å². The first-order valence-corrected chi connectivity index (χ1v) is 6.39. The van der Waals surface area contributed by atoms with Gasteiger partial charge in [0.2, 0.25) is 0 Å². The average molecular weight is 232 g/mol. The van der Waals surface area contributed by atoms with Gasteiger partial charge in [0.25, 0.3) is 0 Å². The Morgan fingerprint density at radius 3 is 2.65 bits per heavy atom. The quantitative estimate of drug-likeness (QED) is 0.795. The summed E-state index contributed by atoms with van der Waals surface area (Å²) >= 11 is 0. The summed E-state index contributed by atoms with van der Waals surface area (Å²) in [5.41, 5.74) is 2.32. The second kappa shape index (κ2) is 5.35. The van der Waals surface area contributed by atoms with Crippen molar-refractivity contribution >= 4 is 5.78 Å². The van der Waals surface area contributed by atoms with E-state index in [1.807, 2.05) is 19.1 Å². The average Bonchev–Trinajstić information content (AvgIpc) is 2.81. The number of hydrogen-bond donors (Lipinski definition) is 0. The third-order valence-electron chi connectivity index (χ3n) is 3.51. The van der Waals surface area contributed by atoms with Crippen LogP contribution in [-0.2, 0) is 4.79 Å². The maximum atomic E-state index is 11.9. The van der Waals surface area contributed by atoms with Crippen LogP contribution in [0.5, 0.6) is 5.75 Å². The molecule has 2 heteroatoms. The Morgan fingerprint density at radius 2 is 2.00 bits per heavy atom. The molecule has 1 saturated carbocycles. The fourth-order valence-corrected chi connectivity index (χ4v) is 2.48. The molecule has 1 fully saturated rings. The summed E-state index contributed by atoms with van der Waals surface area (Å²) in [6, 6.07) is 6.05. The van der Waals surface area contributed by atoms with Crippen molar-refractivity contribution in [2.24, 2.45) is 5.92 Å². The number of hydrogen-bond acceptors (Lipinski definition) is 2. The Kier molecular flexibility index (Phi) is 3.82. The van der Waals surface area contributed by atoms with Crippen molar-refractivity contribution in [3.63, 3.8) is 0 Å². The summed E-state index contributed by atoms with van der Waals surface area (Å²) < 4.78 is 5.62. The van der Waals surface area contributed by atoms with Gasteiger partial charge in [-0.2, -0.15) is 0 Å². The van der Waals surface area contributed by atoms with Crippen LogP contribution in [0.15, 0.2) is 18.2 Å². The molecule has 0 atom stereocenters. The first-order chi connectivity index (χ1) is 8.16. The third-order valence-corrected chi connectivity index (χ3v) is 3.51. The minimum atomic E-state index is 0.231. The summed E-state index contributed by atoms with van der Waals surface area (Å²) in [5, 5.41) is 0. The Bertz CT molecular complexity index is 403. The second-order valence-corrected chi connectivity index (χ2v) is 5.01. The summed E-state index contributed by atoms with van der Waals surface area (Å²) in [4.78, 5) is 11.9. The second-order valence-electron chi connectivity index (χ2n) is 5.01. The van der Waals surface area contributed by atoms with Crippen LogP contribution in [0.1, 0.15) is 36.8 Å². The first kappa shape index (κ1) is 12.2. The number of carbonyl (C=O) groups excluding carboxylic acids is 1. The zero-order valence-corrected chi connectivity index (χ0v) is 10.7. The normalized spacial score (nSPS) is 16.1. The molecule has 0 saturated heterocycles. The number of ether oxygens (including phenoxy) is 1. The molecule has 17 heavy (non-hydrogen) atoms. The van der Waals surface area contributed by atoms with E-state index in [9.17, 15) is 4.79 Å². The van der Waals surface area contributed by atoms with Crippen molar-refractivity contribution in [3.8, 4) is 5.75 Å². The maximum Gasteiger partial charge on any atom is 0.173 e. The fraction of sp³-hybridized carbons (Fsp3) is 0.533. The van der Waals surface area contributed by atoms with Gasteiger partial charge in [-0.05, 0) is 38.3 Å². The fourth-order valence-electron chi connectivity index (χ4n) is 2.48. The van der Waals surface area contributed by atoms with E-state index in [1.54, 1.807) is 0 Å². The summed E-state index contributed by atoms with van der Waals surface area (Å²) in [5.74, 6) is 1.35. The van der Waals surface area contributed by atoms with Gasteiger partial charge >= 0.3 is 0 Å². The van der Waals surface area contributed by atoms with Crippen LogP contribution in [0.3, 0.4) is 0 Å². The lowest BCUT2D eigenvalue weighted by Crippen LogP contribution is -2.19. The highest BCUT2D eigenvalue weighted by atomic mass is 16.5. The van der Waals surface area contributed by atoms with Crippen LogP contribution < -0.4 is 4.74 Å². The standard InChI is InChI=1S/C15H20O2/c1-11-7-8-15(12(2)9-11)17-10-14(16)13-5-3-4-6-13/h7-9,13H,3-6,10H2,1-2H3. The molecule has 1 aliphatic carbocycles. The molecule has 0 aliphatic heterocycles. The van der Waals surface area contributed by atoms with E-state index in [4.69, 9.17) is 4.74 Å². The number of benzene rings is 1. The molecular weight excluding hydrogens is 212 g/mol. The largest absolute Gasteiger partial charge is 0.486 e. The Balaban J connectivity index is 1.90. The van der Waals surface area contributed by atoms with Gasteiger partial charge < -0.3 is 4.74 Å². The van der Waals surface area contributed by atoms with Crippen molar-refractivity contribution in [3.05, 3.63) is 29.3 Å². The molecule has 2 nitrogen and oxygen atoms in total. The summed E-state index contributed by atoms with van der Waals surface area (Å²) in [6.45, 7) is 4.30. The Morgan fingerprint density at radius 1 is 1.29 bits per heavy atom. The van der Waals surface area contributed by atoms with Gasteiger partial charge in [0.05, 0.1) is 0 Å². The van der Waals surface area contributed by atoms with Gasteiger partial charge in [-0.25, -0.2) is 0 Å². The Hall–Kier alpha value is -1.31. The van der Waals surface area contributed by atoms with E-state index >= 15 is 0 Å². The molecule has 0 spiro atoms. The van der Waals surface area contributed by atoms with Gasteiger partial charge in [0.1, 0.15) is 12.4 Å². The van der Waals surface area contributed by atoms with Crippen molar-refractivity contribution in [1.82, 2.24) is 0 Å². The van der Waals surface area contributed by atoms with Gasteiger partial charge in [0.15, 0.2) is 5.78 Å². The zero-order valence-electron chi connectivity index (χ0n) is 10.7. The van der Waals surface area contributed by atoms with Gasteiger partial charge in [-0.15, -0.1) is 0 Å². The molecule has 1 aliphatic rings. The van der Waals surface area contributed by atoms with Crippen LogP contribution in [0.2, 0.25) is 0 Å². The molecule has 0 unspecified atom stereocenters. The van der Waals surface area contributed by atoms with Crippen molar-refractivity contribution < 1.29 is 9.53 Å². The molecule has 2 rings (SSSR count). The highest BCUT2D eigenvalue weighted by Gasteiger charge is 2.22. The molecule has 0 N–H and O–H groups in total. The smallest absolute Gasteiger partial charge is 0.173 e. The van der Waals surface area contributed by atoms with Crippen molar-refractivity contribution in [2.75, 3.05) is 6.61 Å². The lowest BCUT2D eigenvalue weighted by atomic mass is 10.0. The lowest BCUT2D eigenvalue weighted by molar-refractivity contribution is -0.124. The van der Waals surface area contributed by atoms with Gasteiger partial charge in [-0.1, -0.05) is 30.5 Å². The molecule has 92 valence electrons. The molecule has 0 heterocycles. The lowest BCUT2D eigenvalue weighted by Gasteiger charge is -2.11. The topological polar surface area (TPSA) is 26.3 Å². The first-order valence-electron chi connectivity index (χ1n) is 6.39. The van der Waals surface area contributed by atoms with E-state index in [2.05, 4.69) is 13.0 Å². The summed E-state index contributed by atoms with van der Waals surface area (Å²) in [6.07, 6.45) is 4.49. The van der Waals surface area contributed by atoms with Gasteiger partial charge in [0, 0.05) is 5.92 Å². The van der Waals surface area contributed by atoms with Crippen LogP contribution in [-0.4, -0.2) is 12.4 Å². The monoisotopic (exact) mass is 232 g/mol. The molecule has 0 aromatic heterocycles. The molecule has 0 amide bonds. The van der Waals surface area contributed by atoms with Crippen molar-refractivity contribution in [2.45, 2.75) is 39.5 Å². The van der Waals surface area contributed by atoms with E-state index in [-0.39, 0.29) is 18.3 Å². The Labute approximate surface area is 103 Å². The molecule has 1 aromatic carbocycles. The van der Waals surface area contributed by atoms with Crippen LogP contribution >= 0.6 is 0 Å². The predicted octanol–water partition coefficient (Wildman–Crippen LogP) is 3.44. The number of Topliss-reactive ketones (excluding diaryl/α,β-unsaturated/α-hetero) is 1. The highest BCUT2D eigenvalue weighted by Crippen LogP contribution is 2.26. The minimum Gasteiger partial charge on any atom is -0.486 e. The van der Waals surface area contributed by atoms with Crippen molar-refractivity contribution in [1.29, 1.82) is 0 Å². The van der Waals surface area contributed by atoms with E-state index in [1.165, 1.54) is 18.4 Å². The summed E-state index contributed by atoms with van der Waals surface area (Å²) in [7, 11) is 0. The molecule has 0 radical (unpaired) electrons. The number of rotatable bonds is 4. The van der Waals surface area contributed by atoms with E-state index in [0.29, 0.717) is 0 Å². The zero-order chi connectivity index (χ0) is 12.3. The molecule has 1 aromatic rings. The predicted molar refractivity (Wildman–Crippen MR) is 68.4 cm³/mol. The van der Waals surface area contributed by atoms with Crippen LogP contribution in [0.4, 0.5) is 0 Å².